The van der Waals surface area contributed by atoms with Gasteiger partial charge in [0.05, 0.1) is 6.42 Å². The first-order valence-electron chi connectivity index (χ1n) is 39.6. The van der Waals surface area contributed by atoms with Crippen molar-refractivity contribution >= 4 is 81.8 Å². The summed E-state index contributed by atoms with van der Waals surface area (Å²) in [5.41, 5.74) is 20.3. The van der Waals surface area contributed by atoms with Crippen LogP contribution in [-0.4, -0.2) is 182 Å². The number of hydrogen-bond donors (Lipinski definition) is 12. The number of aliphatic hydroxyl groups excluding tert-OH is 3. The normalized spacial score (nSPS) is 9.73. The number of aromatic hydroxyl groups is 6. The molecule has 17 nitrogen and oxygen atoms in total. The van der Waals surface area contributed by atoms with E-state index >= 15 is 0 Å². The highest BCUT2D eigenvalue weighted by atomic mass is 79.9. The van der Waals surface area contributed by atoms with Gasteiger partial charge in [-0.25, -0.2) is 0 Å². The van der Waals surface area contributed by atoms with E-state index in [2.05, 4.69) is 171 Å². The topological polar surface area (TPSA) is 284 Å². The van der Waals surface area contributed by atoms with Gasteiger partial charge in [0, 0.05) is 105 Å². The second kappa shape index (κ2) is 71.5. The van der Waals surface area contributed by atoms with Crippen LogP contribution in [0.5, 0.6) is 34.5 Å². The minimum absolute atomic E-state index is 0.140. The molecular formula is C98H133Br3N6O11. The van der Waals surface area contributed by atoms with Crippen LogP contribution in [0.2, 0.25) is 0 Å². The molecule has 20 heteroatoms. The van der Waals surface area contributed by atoms with Crippen molar-refractivity contribution in [2.45, 2.75) is 110 Å². The molecule has 12 rings (SSSR count). The third-order valence-corrected chi connectivity index (χ3v) is 18.1. The smallest absolute Gasteiger partial charge is 0.226 e. The molecule has 0 atom stereocenters. The van der Waals surface area contributed by atoms with Crippen LogP contribution in [0, 0.1) is 0 Å². The van der Waals surface area contributed by atoms with Crippen LogP contribution in [-0.2, 0) is 73.8 Å². The highest BCUT2D eigenvalue weighted by Gasteiger charge is 2.06. The van der Waals surface area contributed by atoms with Crippen molar-refractivity contribution in [2.75, 3.05) is 99.2 Å². The number of para-hydroxylation sites is 2. The van der Waals surface area contributed by atoms with Crippen molar-refractivity contribution in [3.05, 3.63) is 323 Å². The highest BCUT2D eigenvalue weighted by Crippen LogP contribution is 2.21. The Kier molecular flexibility index (Phi) is 65.7. The van der Waals surface area contributed by atoms with Crippen molar-refractivity contribution in [3.8, 4) is 34.5 Å². The fourth-order valence-corrected chi connectivity index (χ4v) is 11.8. The molecule has 13 N–H and O–H groups in total. The number of nitrogens with zero attached hydrogens (tertiary/aromatic N) is 3. The zero-order valence-corrected chi connectivity index (χ0v) is 76.0. The number of halogens is 3. The zero-order valence-electron chi connectivity index (χ0n) is 71.2. The number of benzene rings is 10. The third kappa shape index (κ3) is 53.7. The highest BCUT2D eigenvalue weighted by molar-refractivity contribution is 9.09. The lowest BCUT2D eigenvalue weighted by molar-refractivity contribution is -0.128. The van der Waals surface area contributed by atoms with Crippen LogP contribution in [0.15, 0.2) is 267 Å². The Hall–Kier alpha value is -9.58. The van der Waals surface area contributed by atoms with E-state index in [1.165, 1.54) is 98.4 Å². The number of aliphatic hydroxyl groups is 3. The summed E-state index contributed by atoms with van der Waals surface area (Å²) >= 11 is 10.1. The van der Waals surface area contributed by atoms with E-state index in [4.69, 9.17) is 51.7 Å². The molecule has 0 aliphatic heterocycles. The summed E-state index contributed by atoms with van der Waals surface area (Å²) in [6.45, 7) is 7.19. The average molecular weight is 1810 g/mol. The molecule has 118 heavy (non-hydrogen) atoms. The van der Waals surface area contributed by atoms with Gasteiger partial charge in [-0.05, 0) is 240 Å². The van der Waals surface area contributed by atoms with Crippen LogP contribution in [0.4, 0.5) is 0 Å². The molecule has 0 aliphatic rings. The number of aldehydes is 1. The minimum Gasteiger partial charge on any atom is -0.508 e. The van der Waals surface area contributed by atoms with Gasteiger partial charge in [0.2, 0.25) is 5.91 Å². The Balaban J connectivity index is 0.00000128. The predicted octanol–water partition coefficient (Wildman–Crippen LogP) is 19.9. The molecule has 2 aromatic heterocycles. The molecule has 2 heterocycles. The third-order valence-electron chi connectivity index (χ3n) is 17.0. The lowest BCUT2D eigenvalue weighted by Gasteiger charge is -2.09. The first kappa shape index (κ1) is 108. The maximum atomic E-state index is 11.2. The zero-order chi connectivity index (χ0) is 87.9. The van der Waals surface area contributed by atoms with E-state index in [1.54, 1.807) is 91.8 Å². The fourth-order valence-electron chi connectivity index (χ4n) is 10.4. The largest absolute Gasteiger partial charge is 0.508 e. The van der Waals surface area contributed by atoms with Gasteiger partial charge in [-0.3, -0.25) is 4.79 Å². The molecule has 0 unspecified atom stereocenters. The van der Waals surface area contributed by atoms with Crippen molar-refractivity contribution in [2.24, 2.45) is 5.73 Å². The fraction of sp³-hybridized carbons (Fsp3) is 0.327. The lowest BCUT2D eigenvalue weighted by Crippen LogP contribution is -2.23. The number of aromatic nitrogens is 2. The van der Waals surface area contributed by atoms with E-state index in [0.717, 1.165) is 119 Å². The van der Waals surface area contributed by atoms with Gasteiger partial charge in [0.1, 0.15) is 40.8 Å². The first-order valence-corrected chi connectivity index (χ1v) is 43.0. The maximum absolute atomic E-state index is 11.2. The Morgan fingerprint density at radius 2 is 0.644 bits per heavy atom. The van der Waals surface area contributed by atoms with Gasteiger partial charge in [0.15, 0.2) is 0 Å². The van der Waals surface area contributed by atoms with Gasteiger partial charge >= 0.3 is 0 Å². The number of nitrogens with two attached hydrogens (primary N) is 1. The second-order valence-electron chi connectivity index (χ2n) is 27.0. The number of amides is 1. The average Bonchev–Trinajstić information content (AvgIpc) is 1.68. The number of carbonyl (C=O) groups is 2. The molecule has 0 saturated heterocycles. The number of likely N-dealkylation sites (N-methyl/N-ethyl adjacent to an activating group) is 3. The number of carbonyl (C=O) groups excluding carboxylic acids is 2. The van der Waals surface area contributed by atoms with E-state index < -0.39 is 0 Å². The van der Waals surface area contributed by atoms with Gasteiger partial charge in [0.25, 0.3) is 0 Å². The molecule has 12 aromatic rings. The molecular weight excluding hydrogens is 1680 g/mol. The number of hydrogen-bond acceptors (Lipinski definition) is 14. The quantitative estimate of drug-likeness (QED) is 0.0144. The van der Waals surface area contributed by atoms with Crippen molar-refractivity contribution in [1.29, 1.82) is 0 Å². The van der Waals surface area contributed by atoms with Crippen LogP contribution in [0.3, 0.4) is 0 Å². The van der Waals surface area contributed by atoms with E-state index in [9.17, 15) is 9.59 Å². The molecule has 0 bridgehead atoms. The minimum atomic E-state index is 0.140. The Morgan fingerprint density at radius 3 is 0.966 bits per heavy atom. The summed E-state index contributed by atoms with van der Waals surface area (Å²) in [7, 11) is 14.9. The summed E-state index contributed by atoms with van der Waals surface area (Å²) in [6.07, 6.45) is 20.8. The number of phenols is 6. The molecule has 0 saturated carbocycles. The summed E-state index contributed by atoms with van der Waals surface area (Å²) in [6, 6.07) is 80.2. The van der Waals surface area contributed by atoms with Crippen LogP contribution in [0.25, 0.3) is 21.8 Å². The SMILES string of the molecule is BrCCc1c[nH]c2ccccc12.CCCCCc1ccc(O)cc1.CCCCc1ccc(O)cc1.CN(C)C(=O)Cc1ccccc1.CN(C)CCc1c[nH]c2ccccc12.CN(C)CCc1ccc(O)cc1.CO.CO.CO.NCCc1ccc(O)cc1.O=CCc1ccccc1.Oc1ccc(CCBr)cc1.Oc1ccc(CCBr)cc1. The molecule has 0 radical (unpaired) electrons. The predicted molar refractivity (Wildman–Crippen MR) is 506 cm³/mol. The Morgan fingerprint density at radius 1 is 0.347 bits per heavy atom. The second-order valence-corrected chi connectivity index (χ2v) is 29.4. The first-order chi connectivity index (χ1) is 57.1. The maximum Gasteiger partial charge on any atom is 0.226 e. The number of aryl methyl sites for hydroxylation is 5. The molecule has 1 amide bonds. The number of unbranched alkanes of at least 4 members (excludes halogenated alkanes) is 3. The van der Waals surface area contributed by atoms with Crippen LogP contribution in [0.1, 0.15) is 102 Å². The molecule has 0 aliphatic carbocycles. The van der Waals surface area contributed by atoms with Crippen LogP contribution >= 0.6 is 47.8 Å². The Labute approximate surface area is 729 Å². The summed E-state index contributed by atoms with van der Waals surface area (Å²) in [4.78, 5) is 33.7. The van der Waals surface area contributed by atoms with Crippen LogP contribution < -0.4 is 5.73 Å². The summed E-state index contributed by atoms with van der Waals surface area (Å²) in [5, 5.41) is 80.4. The lowest BCUT2D eigenvalue weighted by atomic mass is 10.1. The van der Waals surface area contributed by atoms with Gasteiger partial charge in [-0.2, -0.15) is 0 Å². The molecule has 0 fully saturated rings. The molecule has 0 spiro atoms. The van der Waals surface area contributed by atoms with E-state index in [0.29, 0.717) is 53.9 Å². The van der Waals surface area contributed by atoms with Crippen molar-refractivity contribution in [3.63, 3.8) is 0 Å². The molecule has 10 aromatic carbocycles. The standard InChI is InChI=1S/C12H16N2.C11H16O.C10H10BrN.C10H15NO.C10H13NO.C10H14O.2C8H9BrO.C8H11NO.C8H8O.3CH4O/c1-14(2)8-7-10-9-13-12-6-4-3-5-11(10)12;1-2-3-4-5-10-6-8-11(12)9-7-10;11-6-5-8-7-12-10-4-2-1-3-9(8)10;1-11(2)8-7-9-3-5-10(12)6-4-9;1-11(2)10(12)8-9-6-4-3-5-7-9;1-2-3-4-9-5-7-10(11)8-6-9;3*9-6-5-7-1-3-8(10)4-2-7;9-7-6-8-4-2-1-3-5-8;3*1-2/h3-6,9,13H,7-8H2,1-2H3;6-9,12H,2-5H2,1H3;1-4,7,12H,5-6H2;3-6,12H,7-8H2,1-2H3;3-7H,8H2,1-2H3;5-8,11H,2-4H2,1H3;2*1-4,10H,5-6H2;1-4,10H,5-6,9H2;1-5,7H,6H2;3*2H,1H3. The van der Waals surface area contributed by atoms with Crippen molar-refractivity contribution in [1.82, 2.24) is 24.7 Å². The van der Waals surface area contributed by atoms with E-state index in [-0.39, 0.29) is 5.91 Å². The number of alkyl halides is 3. The van der Waals surface area contributed by atoms with Gasteiger partial charge in [-0.1, -0.05) is 251 Å². The van der Waals surface area contributed by atoms with Gasteiger partial charge < -0.3 is 81.2 Å². The van der Waals surface area contributed by atoms with Crippen molar-refractivity contribution < 1.29 is 55.5 Å². The number of phenolic OH excluding ortho intramolecular Hbond substituents is 6. The summed E-state index contributed by atoms with van der Waals surface area (Å²) < 4.78 is 0. The number of H-pyrrole nitrogens is 2. The number of rotatable bonds is 25. The number of fused-ring (bicyclic) bond motifs is 2. The van der Waals surface area contributed by atoms with Gasteiger partial charge in [-0.15, -0.1) is 0 Å². The Bertz CT molecular complexity index is 4200. The number of nitrogens with one attached hydrogen (secondary N) is 2. The summed E-state index contributed by atoms with van der Waals surface area (Å²) in [5.74, 6) is 2.15. The van der Waals surface area contributed by atoms with E-state index in [1.807, 2.05) is 133 Å². The number of aromatic amines is 2. The monoisotopic (exact) mass is 1810 g/mol. The molecule has 642 valence electrons.